The number of nitrogens with one attached hydrogen (secondary N) is 2. The number of carbonyl (C=O) groups is 1. The molecule has 0 fully saturated rings. The molecule has 0 unspecified atom stereocenters. The van der Waals surface area contributed by atoms with E-state index >= 15 is 0 Å². The van der Waals surface area contributed by atoms with Crippen molar-refractivity contribution in [3.05, 3.63) is 94.9 Å². The van der Waals surface area contributed by atoms with E-state index in [-0.39, 0.29) is 5.91 Å². The van der Waals surface area contributed by atoms with Crippen molar-refractivity contribution >= 4 is 33.8 Å². The van der Waals surface area contributed by atoms with Crippen molar-refractivity contribution < 1.29 is 4.79 Å². The van der Waals surface area contributed by atoms with Gasteiger partial charge in [0.25, 0.3) is 5.91 Å². The van der Waals surface area contributed by atoms with Gasteiger partial charge >= 0.3 is 0 Å². The van der Waals surface area contributed by atoms with Gasteiger partial charge in [-0.2, -0.15) is 0 Å². The number of anilines is 3. The van der Waals surface area contributed by atoms with Gasteiger partial charge in [0.15, 0.2) is 5.13 Å². The molecule has 0 bridgehead atoms. The van der Waals surface area contributed by atoms with Crippen LogP contribution in [0.4, 0.5) is 16.5 Å². The van der Waals surface area contributed by atoms with Crippen molar-refractivity contribution in [2.75, 3.05) is 10.6 Å². The Labute approximate surface area is 174 Å². The third-order valence-electron chi connectivity index (χ3n) is 4.64. The Morgan fingerprint density at radius 2 is 1.55 bits per heavy atom. The van der Waals surface area contributed by atoms with E-state index in [1.807, 2.05) is 73.0 Å². The average molecular weight is 400 g/mol. The van der Waals surface area contributed by atoms with Crippen LogP contribution in [0.2, 0.25) is 0 Å². The molecule has 0 atom stereocenters. The molecule has 4 rings (SSSR count). The standard InChI is InChI=1S/C24H21N3OS/c1-16-7-11-20(12-8-16)26-24-27-22(15-29-24)18-9-13-19(14-10-18)25-23(28)21-6-4-3-5-17(21)2/h3-15H,1-2H3,(H,25,28)(H,26,27). The molecular formula is C24H21N3OS. The third kappa shape index (κ3) is 4.52. The molecule has 5 heteroatoms. The van der Waals surface area contributed by atoms with Crippen LogP contribution in [0.15, 0.2) is 78.2 Å². The van der Waals surface area contributed by atoms with Gasteiger partial charge in [-0.1, -0.05) is 48.0 Å². The summed E-state index contributed by atoms with van der Waals surface area (Å²) in [6.07, 6.45) is 0. The fourth-order valence-electron chi connectivity index (χ4n) is 2.97. The van der Waals surface area contributed by atoms with Crippen LogP contribution in [0.1, 0.15) is 21.5 Å². The van der Waals surface area contributed by atoms with E-state index in [1.54, 1.807) is 11.3 Å². The number of aromatic nitrogens is 1. The molecular weight excluding hydrogens is 378 g/mol. The summed E-state index contributed by atoms with van der Waals surface area (Å²) in [6, 6.07) is 23.5. The van der Waals surface area contributed by atoms with Crippen LogP contribution in [0.3, 0.4) is 0 Å². The number of carbonyl (C=O) groups excluding carboxylic acids is 1. The number of aryl methyl sites for hydroxylation is 2. The molecule has 1 amide bonds. The van der Waals surface area contributed by atoms with Gasteiger partial charge in [-0.3, -0.25) is 4.79 Å². The van der Waals surface area contributed by atoms with Crippen molar-refractivity contribution in [1.29, 1.82) is 0 Å². The molecule has 1 heterocycles. The van der Waals surface area contributed by atoms with E-state index in [0.29, 0.717) is 5.56 Å². The van der Waals surface area contributed by atoms with Crippen molar-refractivity contribution in [1.82, 2.24) is 4.98 Å². The van der Waals surface area contributed by atoms with E-state index in [9.17, 15) is 4.79 Å². The molecule has 1 aromatic heterocycles. The second kappa shape index (κ2) is 8.29. The molecule has 0 aliphatic rings. The number of nitrogens with zero attached hydrogens (tertiary/aromatic N) is 1. The minimum atomic E-state index is -0.103. The number of hydrogen-bond donors (Lipinski definition) is 2. The molecule has 2 N–H and O–H groups in total. The highest BCUT2D eigenvalue weighted by molar-refractivity contribution is 7.14. The van der Waals surface area contributed by atoms with Gasteiger partial charge in [-0.15, -0.1) is 11.3 Å². The summed E-state index contributed by atoms with van der Waals surface area (Å²) in [6.45, 7) is 4.00. The highest BCUT2D eigenvalue weighted by Crippen LogP contribution is 2.28. The second-order valence-electron chi connectivity index (χ2n) is 6.88. The van der Waals surface area contributed by atoms with Gasteiger partial charge in [-0.25, -0.2) is 4.98 Å². The van der Waals surface area contributed by atoms with Crippen LogP contribution in [-0.2, 0) is 0 Å². The molecule has 0 saturated heterocycles. The first-order valence-electron chi connectivity index (χ1n) is 9.35. The van der Waals surface area contributed by atoms with Crippen molar-refractivity contribution in [2.24, 2.45) is 0 Å². The van der Waals surface area contributed by atoms with E-state index in [2.05, 4.69) is 34.7 Å². The zero-order valence-corrected chi connectivity index (χ0v) is 17.1. The monoisotopic (exact) mass is 399 g/mol. The van der Waals surface area contributed by atoms with E-state index in [0.717, 1.165) is 33.3 Å². The smallest absolute Gasteiger partial charge is 0.255 e. The van der Waals surface area contributed by atoms with Crippen LogP contribution in [-0.4, -0.2) is 10.9 Å². The summed E-state index contributed by atoms with van der Waals surface area (Å²) in [7, 11) is 0. The fraction of sp³-hybridized carbons (Fsp3) is 0.0833. The lowest BCUT2D eigenvalue weighted by atomic mass is 10.1. The van der Waals surface area contributed by atoms with Crippen LogP contribution < -0.4 is 10.6 Å². The zero-order chi connectivity index (χ0) is 20.2. The highest BCUT2D eigenvalue weighted by atomic mass is 32.1. The summed E-state index contributed by atoms with van der Waals surface area (Å²) >= 11 is 1.57. The molecule has 0 radical (unpaired) electrons. The zero-order valence-electron chi connectivity index (χ0n) is 16.3. The van der Waals surface area contributed by atoms with Gasteiger partial charge < -0.3 is 10.6 Å². The summed E-state index contributed by atoms with van der Waals surface area (Å²) in [5.74, 6) is -0.103. The first kappa shape index (κ1) is 18.9. The molecule has 0 aliphatic heterocycles. The number of amides is 1. The lowest BCUT2D eigenvalue weighted by Crippen LogP contribution is -2.13. The van der Waals surface area contributed by atoms with Crippen molar-refractivity contribution in [3.63, 3.8) is 0 Å². The van der Waals surface area contributed by atoms with Gasteiger partial charge in [0, 0.05) is 27.9 Å². The predicted octanol–water partition coefficient (Wildman–Crippen LogP) is 6.42. The summed E-state index contributed by atoms with van der Waals surface area (Å²) in [5, 5.41) is 9.16. The van der Waals surface area contributed by atoms with E-state index in [1.165, 1.54) is 5.56 Å². The van der Waals surface area contributed by atoms with Gasteiger partial charge in [0.2, 0.25) is 0 Å². The summed E-state index contributed by atoms with van der Waals surface area (Å²) < 4.78 is 0. The fourth-order valence-corrected chi connectivity index (χ4v) is 3.71. The number of hydrogen-bond acceptors (Lipinski definition) is 4. The molecule has 4 nitrogen and oxygen atoms in total. The molecule has 0 aliphatic carbocycles. The van der Waals surface area contributed by atoms with Crippen LogP contribution in [0.5, 0.6) is 0 Å². The molecule has 29 heavy (non-hydrogen) atoms. The average Bonchev–Trinajstić information content (AvgIpc) is 3.19. The molecule has 3 aromatic carbocycles. The normalized spacial score (nSPS) is 10.6. The van der Waals surface area contributed by atoms with Gasteiger partial charge in [-0.05, 0) is 49.7 Å². The summed E-state index contributed by atoms with van der Waals surface area (Å²) in [5.41, 5.74) is 6.56. The highest BCUT2D eigenvalue weighted by Gasteiger charge is 2.09. The minimum Gasteiger partial charge on any atom is -0.332 e. The topological polar surface area (TPSA) is 54.0 Å². The Morgan fingerprint density at radius 3 is 2.28 bits per heavy atom. The second-order valence-corrected chi connectivity index (χ2v) is 7.73. The third-order valence-corrected chi connectivity index (χ3v) is 5.39. The lowest BCUT2D eigenvalue weighted by Gasteiger charge is -2.08. The van der Waals surface area contributed by atoms with Gasteiger partial charge in [0.05, 0.1) is 5.69 Å². The Hall–Kier alpha value is -3.44. The van der Waals surface area contributed by atoms with E-state index in [4.69, 9.17) is 0 Å². The van der Waals surface area contributed by atoms with Crippen molar-refractivity contribution in [2.45, 2.75) is 13.8 Å². The van der Waals surface area contributed by atoms with Crippen LogP contribution in [0, 0.1) is 13.8 Å². The number of rotatable bonds is 5. The Bertz CT molecular complexity index is 1130. The minimum absolute atomic E-state index is 0.103. The molecule has 144 valence electrons. The maximum Gasteiger partial charge on any atom is 0.255 e. The number of benzene rings is 3. The first-order chi connectivity index (χ1) is 14.1. The van der Waals surface area contributed by atoms with Gasteiger partial charge in [0.1, 0.15) is 0 Å². The van der Waals surface area contributed by atoms with Crippen LogP contribution >= 0.6 is 11.3 Å². The molecule has 4 aromatic rings. The quantitative estimate of drug-likeness (QED) is 0.407. The Morgan fingerprint density at radius 1 is 0.862 bits per heavy atom. The number of thiazole rings is 1. The first-order valence-corrected chi connectivity index (χ1v) is 10.2. The SMILES string of the molecule is Cc1ccc(Nc2nc(-c3ccc(NC(=O)c4ccccc4C)cc3)cs2)cc1. The molecule has 0 saturated carbocycles. The summed E-state index contributed by atoms with van der Waals surface area (Å²) in [4.78, 5) is 17.1. The van der Waals surface area contributed by atoms with Crippen LogP contribution in [0.25, 0.3) is 11.3 Å². The predicted molar refractivity (Wildman–Crippen MR) is 121 cm³/mol. The van der Waals surface area contributed by atoms with E-state index < -0.39 is 0 Å². The Kier molecular flexibility index (Phi) is 5.40. The maximum atomic E-state index is 12.5. The largest absolute Gasteiger partial charge is 0.332 e. The molecule has 0 spiro atoms. The lowest BCUT2D eigenvalue weighted by molar-refractivity contribution is 0.102. The Balaban J connectivity index is 1.44. The maximum absolute atomic E-state index is 12.5. The van der Waals surface area contributed by atoms with Crippen molar-refractivity contribution in [3.8, 4) is 11.3 Å².